The lowest BCUT2D eigenvalue weighted by Gasteiger charge is -2.13. The lowest BCUT2D eigenvalue weighted by molar-refractivity contribution is 0.448. The van der Waals surface area contributed by atoms with Gasteiger partial charge in [-0.05, 0) is 32.1 Å². The minimum Gasteiger partial charge on any atom is -0.542 e. The first kappa shape index (κ1) is 8.76. The van der Waals surface area contributed by atoms with Gasteiger partial charge >= 0.3 is 0 Å². The summed E-state index contributed by atoms with van der Waals surface area (Å²) >= 11 is 0. The first-order valence-electron chi connectivity index (χ1n) is 3.31. The van der Waals surface area contributed by atoms with Crippen LogP contribution >= 0.6 is 0 Å². The molecule has 0 saturated carbocycles. The molecule has 0 N–H and O–H groups in total. The summed E-state index contributed by atoms with van der Waals surface area (Å²) in [5.74, 6) is 0. The van der Waals surface area contributed by atoms with E-state index >= 15 is 0 Å². The molecule has 0 aromatic rings. The van der Waals surface area contributed by atoms with Crippen molar-refractivity contribution < 1.29 is 4.43 Å². The highest BCUT2D eigenvalue weighted by Gasteiger charge is 2.12. The van der Waals surface area contributed by atoms with Crippen molar-refractivity contribution in [3.05, 3.63) is 12.3 Å². The van der Waals surface area contributed by atoms with E-state index in [0.717, 1.165) is 6.42 Å². The third-order valence-electron chi connectivity index (χ3n) is 0.653. The summed E-state index contributed by atoms with van der Waals surface area (Å²) in [5.41, 5.74) is 0. The molecule has 2 heteroatoms. The van der Waals surface area contributed by atoms with Gasteiger partial charge in [-0.3, -0.25) is 0 Å². The maximum atomic E-state index is 5.30. The summed E-state index contributed by atoms with van der Waals surface area (Å²) in [6.45, 7) is 8.50. The maximum Gasteiger partial charge on any atom is 0.242 e. The van der Waals surface area contributed by atoms with Gasteiger partial charge in [0, 0.05) is 0 Å². The largest absolute Gasteiger partial charge is 0.542 e. The van der Waals surface area contributed by atoms with Crippen molar-refractivity contribution >= 4 is 8.32 Å². The van der Waals surface area contributed by atoms with Crippen molar-refractivity contribution in [2.24, 2.45) is 0 Å². The number of rotatable bonds is 3. The predicted octanol–water partition coefficient (Wildman–Crippen LogP) is 2.56. The first-order valence-corrected chi connectivity index (χ1v) is 6.72. The molecule has 0 atom stereocenters. The molecule has 0 aliphatic heterocycles. The van der Waals surface area contributed by atoms with Gasteiger partial charge in [0.25, 0.3) is 0 Å². The van der Waals surface area contributed by atoms with Crippen LogP contribution in [0.15, 0.2) is 6.08 Å². The second-order valence-corrected chi connectivity index (χ2v) is 7.37. The summed E-state index contributed by atoms with van der Waals surface area (Å²) in [5, 5.41) is 0. The summed E-state index contributed by atoms with van der Waals surface area (Å²) in [7, 11) is -1.34. The zero-order valence-corrected chi connectivity index (χ0v) is 7.69. The van der Waals surface area contributed by atoms with E-state index in [-0.39, 0.29) is 0 Å². The van der Waals surface area contributed by atoms with E-state index in [1.54, 1.807) is 0 Å². The molecule has 9 heavy (non-hydrogen) atoms. The average Bonchev–Trinajstić information content (AvgIpc) is 1.63. The number of allylic oxidation sites excluding steroid dienone is 1. The molecule has 0 bridgehead atoms. The van der Waals surface area contributed by atoms with Crippen LogP contribution in [0.25, 0.3) is 0 Å². The SMILES string of the molecule is CCC=[C]O[Si](C)(C)C. The normalized spacial score (nSPS) is 12.4. The van der Waals surface area contributed by atoms with Crippen molar-refractivity contribution in [1.29, 1.82) is 0 Å². The van der Waals surface area contributed by atoms with E-state index < -0.39 is 8.32 Å². The van der Waals surface area contributed by atoms with E-state index in [4.69, 9.17) is 4.43 Å². The number of hydrogen-bond acceptors (Lipinski definition) is 1. The molecule has 0 aliphatic carbocycles. The molecule has 0 heterocycles. The van der Waals surface area contributed by atoms with E-state index in [0.29, 0.717) is 0 Å². The van der Waals surface area contributed by atoms with Crippen LogP contribution in [-0.4, -0.2) is 8.32 Å². The van der Waals surface area contributed by atoms with E-state index in [2.05, 4.69) is 32.8 Å². The topological polar surface area (TPSA) is 9.23 Å². The molecular weight excluding hydrogens is 128 g/mol. The zero-order chi connectivity index (χ0) is 7.33. The molecule has 1 radical (unpaired) electrons. The molecule has 0 fully saturated rings. The molecule has 0 rings (SSSR count). The Balaban J connectivity index is 3.38. The van der Waals surface area contributed by atoms with Crippen LogP contribution in [0.4, 0.5) is 0 Å². The Labute approximate surface area is 58.9 Å². The molecule has 0 saturated heterocycles. The van der Waals surface area contributed by atoms with Gasteiger partial charge in [-0.1, -0.05) is 6.92 Å². The van der Waals surface area contributed by atoms with E-state index in [1.165, 1.54) is 0 Å². The maximum absolute atomic E-state index is 5.30. The monoisotopic (exact) mass is 143 g/mol. The molecule has 53 valence electrons. The lowest BCUT2D eigenvalue weighted by Crippen LogP contribution is -2.22. The quantitative estimate of drug-likeness (QED) is 0.436. The first-order chi connectivity index (χ1) is 4.06. The van der Waals surface area contributed by atoms with Gasteiger partial charge in [-0.2, -0.15) is 0 Å². The van der Waals surface area contributed by atoms with Gasteiger partial charge in [0.15, 0.2) is 0 Å². The smallest absolute Gasteiger partial charge is 0.242 e. The summed E-state index contributed by atoms with van der Waals surface area (Å²) in [6.07, 6.45) is 5.73. The van der Waals surface area contributed by atoms with Gasteiger partial charge in [-0.25, -0.2) is 0 Å². The Hall–Kier alpha value is -0.243. The Kier molecular flexibility index (Phi) is 3.62. The zero-order valence-electron chi connectivity index (χ0n) is 6.69. The fraction of sp³-hybridized carbons (Fsp3) is 0.714. The van der Waals surface area contributed by atoms with Crippen molar-refractivity contribution in [2.75, 3.05) is 0 Å². The predicted molar refractivity (Wildman–Crippen MR) is 42.5 cm³/mol. The van der Waals surface area contributed by atoms with E-state index in [1.807, 2.05) is 6.08 Å². The van der Waals surface area contributed by atoms with Crippen LogP contribution in [0.3, 0.4) is 0 Å². The highest BCUT2D eigenvalue weighted by Crippen LogP contribution is 2.01. The lowest BCUT2D eigenvalue weighted by atomic mass is 10.5. The fourth-order valence-electron chi connectivity index (χ4n) is 0.302. The van der Waals surface area contributed by atoms with Gasteiger partial charge < -0.3 is 4.43 Å². The van der Waals surface area contributed by atoms with Gasteiger partial charge in [0.05, 0.1) is 0 Å². The summed E-state index contributed by atoms with van der Waals surface area (Å²) in [6, 6.07) is 0. The van der Waals surface area contributed by atoms with Crippen LogP contribution < -0.4 is 0 Å². The molecule has 0 aromatic heterocycles. The summed E-state index contributed by atoms with van der Waals surface area (Å²) < 4.78 is 5.30. The second-order valence-electron chi connectivity index (χ2n) is 2.94. The highest BCUT2D eigenvalue weighted by atomic mass is 28.4. The number of hydrogen-bond donors (Lipinski definition) is 0. The molecule has 0 aromatic carbocycles. The fourth-order valence-corrected chi connectivity index (χ4v) is 0.739. The molecule has 0 amide bonds. The van der Waals surface area contributed by atoms with Crippen molar-refractivity contribution in [3.63, 3.8) is 0 Å². The van der Waals surface area contributed by atoms with Gasteiger partial charge in [-0.15, -0.1) is 0 Å². The molecular formula is C7H15OSi. The van der Waals surface area contributed by atoms with Crippen molar-refractivity contribution in [1.82, 2.24) is 0 Å². The Bertz CT molecular complexity index is 91.6. The Morgan fingerprint density at radius 2 is 2.00 bits per heavy atom. The van der Waals surface area contributed by atoms with Crippen LogP contribution in [-0.2, 0) is 4.43 Å². The third-order valence-corrected chi connectivity index (χ3v) is 1.38. The van der Waals surface area contributed by atoms with Gasteiger partial charge in [0.2, 0.25) is 8.32 Å². The third kappa shape index (κ3) is 7.76. The molecule has 1 nitrogen and oxygen atoms in total. The summed E-state index contributed by atoms with van der Waals surface area (Å²) in [4.78, 5) is 0. The minimum atomic E-state index is -1.34. The highest BCUT2D eigenvalue weighted by molar-refractivity contribution is 6.69. The van der Waals surface area contributed by atoms with Crippen molar-refractivity contribution in [3.8, 4) is 0 Å². The van der Waals surface area contributed by atoms with Crippen LogP contribution in [0.1, 0.15) is 13.3 Å². The minimum absolute atomic E-state index is 1.00. The van der Waals surface area contributed by atoms with Crippen LogP contribution in [0.5, 0.6) is 0 Å². The van der Waals surface area contributed by atoms with Crippen LogP contribution in [0.2, 0.25) is 19.6 Å². The second kappa shape index (κ2) is 3.72. The Morgan fingerprint density at radius 3 is 2.33 bits per heavy atom. The van der Waals surface area contributed by atoms with E-state index in [9.17, 15) is 0 Å². The molecule has 0 spiro atoms. The molecule has 0 unspecified atom stereocenters. The molecule has 0 aliphatic rings. The Morgan fingerprint density at radius 1 is 1.44 bits per heavy atom. The van der Waals surface area contributed by atoms with Crippen LogP contribution in [0, 0.1) is 6.26 Å². The standard InChI is InChI=1S/C7H15OSi/c1-5-6-7-8-9(2,3)4/h6H,5H2,1-4H3. The average molecular weight is 143 g/mol. The van der Waals surface area contributed by atoms with Crippen molar-refractivity contribution in [2.45, 2.75) is 33.0 Å². The van der Waals surface area contributed by atoms with Gasteiger partial charge in [0.1, 0.15) is 6.26 Å².